The third-order valence-corrected chi connectivity index (χ3v) is 1.30. The molecular weight excluding hydrogens is 255 g/mol. The van der Waals surface area contributed by atoms with Crippen LogP contribution in [0.3, 0.4) is 0 Å². The van der Waals surface area contributed by atoms with E-state index in [1.54, 1.807) is 24.6 Å². The van der Waals surface area contributed by atoms with E-state index >= 15 is 0 Å². The van der Waals surface area contributed by atoms with Crippen LogP contribution in [0.4, 0.5) is 5.69 Å². The van der Waals surface area contributed by atoms with Gasteiger partial charge in [0.15, 0.2) is 0 Å². The lowest BCUT2D eigenvalue weighted by Gasteiger charge is -2.14. The lowest BCUT2D eigenvalue weighted by atomic mass is 10.4. The van der Waals surface area contributed by atoms with E-state index < -0.39 is 0 Å². The molecule has 0 atom stereocenters. The molecule has 0 aliphatic heterocycles. The summed E-state index contributed by atoms with van der Waals surface area (Å²) in [6, 6.07) is 3.76. The fraction of sp³-hybridized carbons (Fsp3) is 0.286. The third kappa shape index (κ3) is 3.02. The van der Waals surface area contributed by atoms with E-state index in [-0.39, 0.29) is 24.0 Å². The summed E-state index contributed by atoms with van der Waals surface area (Å²) in [4.78, 5) is 8.82. The number of hydrogen-bond donors (Lipinski definition) is 0. The highest BCUT2D eigenvalue weighted by Gasteiger charge is 1.94. The lowest BCUT2D eigenvalue weighted by molar-refractivity contribution is 0.184. The number of aromatic nitrogens is 1. The lowest BCUT2D eigenvalue weighted by Crippen LogP contribution is -2.14. The van der Waals surface area contributed by atoms with Crippen LogP contribution in [0.25, 0.3) is 0 Å². The smallest absolute Gasteiger partial charge is 0.0663 e. The van der Waals surface area contributed by atoms with Crippen LogP contribution in [0.2, 0.25) is 0 Å². The van der Waals surface area contributed by atoms with Gasteiger partial charge in [0, 0.05) is 19.4 Å². The zero-order valence-corrected chi connectivity index (χ0v) is 8.85. The Morgan fingerprint density at radius 2 is 1.91 bits per heavy atom. The second-order valence-corrected chi connectivity index (χ2v) is 1.89. The monoisotopic (exact) mass is 266 g/mol. The van der Waals surface area contributed by atoms with E-state index in [1.807, 2.05) is 19.2 Å². The summed E-state index contributed by atoms with van der Waals surface area (Å²) >= 11 is 0. The van der Waals surface area contributed by atoms with Gasteiger partial charge in [-0.05, 0) is 12.1 Å². The molecule has 0 fully saturated rings. The number of rotatable bonds is 2. The summed E-state index contributed by atoms with van der Waals surface area (Å²) in [5.41, 5.74) is 0.998. The van der Waals surface area contributed by atoms with Gasteiger partial charge in [0.2, 0.25) is 0 Å². The Bertz CT molecular complexity index is 193. The van der Waals surface area contributed by atoms with Crippen molar-refractivity contribution in [2.75, 3.05) is 19.2 Å². The summed E-state index contributed by atoms with van der Waals surface area (Å²) in [6.45, 7) is 0. The van der Waals surface area contributed by atoms with Gasteiger partial charge >= 0.3 is 0 Å². The maximum atomic E-state index is 4.94. The van der Waals surface area contributed by atoms with Crippen molar-refractivity contribution < 1.29 is 4.84 Å². The Labute approximate surface area is 83.4 Å². The molecule has 11 heavy (non-hydrogen) atoms. The molecule has 0 unspecified atom stereocenters. The molecule has 1 rings (SSSR count). The van der Waals surface area contributed by atoms with Gasteiger partial charge in [0.05, 0.1) is 12.8 Å². The molecule has 0 spiro atoms. The summed E-state index contributed by atoms with van der Waals surface area (Å²) in [5.74, 6) is 0. The first-order valence-electron chi connectivity index (χ1n) is 3.02. The molecule has 0 saturated carbocycles. The van der Waals surface area contributed by atoms with Gasteiger partial charge in [-0.3, -0.25) is 14.9 Å². The van der Waals surface area contributed by atoms with Crippen LogP contribution >= 0.6 is 24.0 Å². The second-order valence-electron chi connectivity index (χ2n) is 1.89. The Hall–Kier alpha value is -0.360. The van der Waals surface area contributed by atoms with Crippen LogP contribution in [0.5, 0.6) is 0 Å². The standard InChI is InChI=1S/C7H10N2O.HI/c1-9(10-2)7-3-5-8-6-4-7;/h3-6H,1-2H3;1H. The first-order valence-corrected chi connectivity index (χ1v) is 3.02. The molecule has 0 aliphatic rings. The van der Waals surface area contributed by atoms with Gasteiger partial charge in [0.25, 0.3) is 0 Å². The average molecular weight is 266 g/mol. The molecule has 0 radical (unpaired) electrons. The van der Waals surface area contributed by atoms with Crippen molar-refractivity contribution in [3.63, 3.8) is 0 Å². The van der Waals surface area contributed by atoms with E-state index in [0.717, 1.165) is 5.69 Å². The van der Waals surface area contributed by atoms with Crippen LogP contribution in [0.15, 0.2) is 24.5 Å². The SMILES string of the molecule is CON(C)c1ccncc1.I. The van der Waals surface area contributed by atoms with Crippen molar-refractivity contribution in [3.05, 3.63) is 24.5 Å². The second kappa shape index (κ2) is 5.31. The van der Waals surface area contributed by atoms with Crippen molar-refractivity contribution in [2.45, 2.75) is 0 Å². The molecule has 62 valence electrons. The molecular formula is C7H11IN2O. The number of hydroxylamine groups is 1. The highest BCUT2D eigenvalue weighted by Crippen LogP contribution is 2.08. The number of pyridine rings is 1. The van der Waals surface area contributed by atoms with Crippen molar-refractivity contribution in [2.24, 2.45) is 0 Å². The van der Waals surface area contributed by atoms with E-state index in [1.165, 1.54) is 0 Å². The fourth-order valence-electron chi connectivity index (χ4n) is 0.659. The maximum Gasteiger partial charge on any atom is 0.0663 e. The Kier molecular flexibility index (Phi) is 5.14. The largest absolute Gasteiger partial charge is 0.277 e. The number of anilines is 1. The van der Waals surface area contributed by atoms with Crippen LogP contribution in [0, 0.1) is 0 Å². The van der Waals surface area contributed by atoms with E-state index in [4.69, 9.17) is 4.84 Å². The molecule has 1 heterocycles. The quantitative estimate of drug-likeness (QED) is 0.601. The Morgan fingerprint density at radius 1 is 1.36 bits per heavy atom. The number of hydrogen-bond acceptors (Lipinski definition) is 3. The minimum atomic E-state index is 0. The minimum Gasteiger partial charge on any atom is -0.277 e. The molecule has 3 nitrogen and oxygen atoms in total. The Morgan fingerprint density at radius 3 is 2.36 bits per heavy atom. The predicted octanol–water partition coefficient (Wildman–Crippen LogP) is 1.70. The predicted molar refractivity (Wildman–Crippen MR) is 55.1 cm³/mol. The van der Waals surface area contributed by atoms with Crippen molar-refractivity contribution in [1.82, 2.24) is 4.98 Å². The molecule has 0 bridgehead atoms. The average Bonchev–Trinajstić information content (AvgIpc) is 2.05. The number of nitrogens with zero attached hydrogens (tertiary/aromatic N) is 2. The molecule has 0 aromatic carbocycles. The van der Waals surface area contributed by atoms with Gasteiger partial charge in [0.1, 0.15) is 0 Å². The van der Waals surface area contributed by atoms with Crippen LogP contribution in [-0.2, 0) is 4.84 Å². The highest BCUT2D eigenvalue weighted by atomic mass is 127. The highest BCUT2D eigenvalue weighted by molar-refractivity contribution is 14.0. The minimum absolute atomic E-state index is 0. The fourth-order valence-corrected chi connectivity index (χ4v) is 0.659. The molecule has 4 heteroatoms. The van der Waals surface area contributed by atoms with E-state index in [2.05, 4.69) is 4.98 Å². The molecule has 1 aromatic heterocycles. The van der Waals surface area contributed by atoms with Gasteiger partial charge in [-0.1, -0.05) is 0 Å². The summed E-state index contributed by atoms with van der Waals surface area (Å²) < 4.78 is 0. The van der Waals surface area contributed by atoms with Crippen LogP contribution in [0.1, 0.15) is 0 Å². The maximum absolute atomic E-state index is 4.94. The van der Waals surface area contributed by atoms with Gasteiger partial charge in [-0.15, -0.1) is 24.0 Å². The van der Waals surface area contributed by atoms with Crippen LogP contribution in [-0.4, -0.2) is 19.1 Å². The summed E-state index contributed by atoms with van der Waals surface area (Å²) in [7, 11) is 3.47. The summed E-state index contributed by atoms with van der Waals surface area (Å²) in [5, 5.41) is 1.67. The topological polar surface area (TPSA) is 25.4 Å². The van der Waals surface area contributed by atoms with Crippen molar-refractivity contribution in [3.8, 4) is 0 Å². The van der Waals surface area contributed by atoms with Gasteiger partial charge in [-0.25, -0.2) is 0 Å². The summed E-state index contributed by atoms with van der Waals surface area (Å²) in [6.07, 6.45) is 3.45. The molecule has 0 saturated heterocycles. The molecule has 0 N–H and O–H groups in total. The number of halogens is 1. The Balaban J connectivity index is 0.000001000. The zero-order chi connectivity index (χ0) is 7.40. The molecule has 1 aromatic rings. The zero-order valence-electron chi connectivity index (χ0n) is 6.52. The van der Waals surface area contributed by atoms with Gasteiger partial charge in [-0.2, -0.15) is 0 Å². The van der Waals surface area contributed by atoms with Gasteiger partial charge < -0.3 is 0 Å². The van der Waals surface area contributed by atoms with E-state index in [9.17, 15) is 0 Å². The molecule has 0 amide bonds. The van der Waals surface area contributed by atoms with Crippen molar-refractivity contribution in [1.29, 1.82) is 0 Å². The van der Waals surface area contributed by atoms with E-state index in [0.29, 0.717) is 0 Å². The molecule has 0 aliphatic carbocycles. The third-order valence-electron chi connectivity index (χ3n) is 1.30. The normalized spacial score (nSPS) is 8.55. The van der Waals surface area contributed by atoms with Crippen LogP contribution < -0.4 is 5.06 Å². The first kappa shape index (κ1) is 10.6. The van der Waals surface area contributed by atoms with Crippen molar-refractivity contribution >= 4 is 29.7 Å². The first-order chi connectivity index (χ1) is 4.84.